The number of hydrogen-bond donors (Lipinski definition) is 1. The molecule has 1 aromatic heterocycles. The predicted octanol–water partition coefficient (Wildman–Crippen LogP) is 1.44. The van der Waals surface area contributed by atoms with Gasteiger partial charge in [-0.05, 0) is 13.0 Å². The molecule has 6 nitrogen and oxygen atoms in total. The summed E-state index contributed by atoms with van der Waals surface area (Å²) in [5, 5.41) is 2.36. The van der Waals surface area contributed by atoms with Crippen molar-refractivity contribution in [3.8, 4) is 5.88 Å². The number of hydrogen-bond acceptors (Lipinski definition) is 5. The molecule has 0 aromatic carbocycles. The fraction of sp³-hybridized carbons (Fsp3) is 0.300. The second kappa shape index (κ2) is 4.58. The molecular weight excluding hydrogens is 248 g/mol. The summed E-state index contributed by atoms with van der Waals surface area (Å²) in [6.45, 7) is 2.16. The maximum atomic E-state index is 11.5. The molecule has 1 aliphatic heterocycles. The fourth-order valence-corrected chi connectivity index (χ4v) is 1.61. The van der Waals surface area contributed by atoms with Gasteiger partial charge in [0, 0.05) is 6.20 Å². The molecule has 1 aromatic rings. The summed E-state index contributed by atoms with van der Waals surface area (Å²) in [7, 11) is 0. The lowest BCUT2D eigenvalue weighted by molar-refractivity contribution is -0.123. The lowest BCUT2D eigenvalue weighted by atomic mass is 10.1. The van der Waals surface area contributed by atoms with Crippen molar-refractivity contribution >= 4 is 23.6 Å². The van der Waals surface area contributed by atoms with Crippen LogP contribution in [0.3, 0.4) is 0 Å². The topological polar surface area (TPSA) is 77.5 Å². The number of nitrogens with one attached hydrogen (secondary N) is 1. The maximum Gasteiger partial charge on any atom is 0.415 e. The molecule has 0 radical (unpaired) electrons. The molecule has 1 N–H and O–H groups in total. The lowest BCUT2D eigenvalue weighted by Crippen LogP contribution is -2.21. The van der Waals surface area contributed by atoms with E-state index in [1.54, 1.807) is 6.92 Å². The van der Waals surface area contributed by atoms with Crippen LogP contribution < -0.4 is 10.1 Å². The third-order valence-corrected chi connectivity index (χ3v) is 2.30. The van der Waals surface area contributed by atoms with Gasteiger partial charge in [-0.3, -0.25) is 10.1 Å². The number of pyridine rings is 1. The summed E-state index contributed by atoms with van der Waals surface area (Å²) >= 11 is 5.79. The van der Waals surface area contributed by atoms with Crippen molar-refractivity contribution < 1.29 is 19.1 Å². The van der Waals surface area contributed by atoms with Crippen LogP contribution in [0.5, 0.6) is 5.88 Å². The van der Waals surface area contributed by atoms with Crippen LogP contribution in [0.15, 0.2) is 12.3 Å². The first-order valence-corrected chi connectivity index (χ1v) is 5.29. The first-order valence-electron chi connectivity index (χ1n) is 4.91. The van der Waals surface area contributed by atoms with E-state index in [0.717, 1.165) is 0 Å². The second-order valence-corrected chi connectivity index (χ2v) is 3.69. The number of imide groups is 1. The van der Waals surface area contributed by atoms with E-state index in [1.807, 2.05) is 5.32 Å². The SMILES string of the molecule is CCOc1ncc(Cl)cc1[C@@H]1OC(=O)NC1=O. The molecule has 2 amide bonds. The van der Waals surface area contributed by atoms with Crippen LogP contribution >= 0.6 is 11.6 Å². The molecular formula is C10H9ClN2O4. The first kappa shape index (κ1) is 11.7. The number of rotatable bonds is 3. The highest BCUT2D eigenvalue weighted by Crippen LogP contribution is 2.30. The van der Waals surface area contributed by atoms with E-state index < -0.39 is 18.1 Å². The van der Waals surface area contributed by atoms with Crippen molar-refractivity contribution in [3.05, 3.63) is 22.8 Å². The largest absolute Gasteiger partial charge is 0.478 e. The number of aromatic nitrogens is 1. The van der Waals surface area contributed by atoms with Gasteiger partial charge in [0.15, 0.2) is 0 Å². The average molecular weight is 257 g/mol. The van der Waals surface area contributed by atoms with Crippen LogP contribution in [0.1, 0.15) is 18.6 Å². The van der Waals surface area contributed by atoms with E-state index in [1.165, 1.54) is 12.3 Å². The molecule has 1 aliphatic rings. The number of cyclic esters (lactones) is 1. The van der Waals surface area contributed by atoms with Crippen molar-refractivity contribution in [2.24, 2.45) is 0 Å². The number of ether oxygens (including phenoxy) is 2. The molecule has 0 bridgehead atoms. The summed E-state index contributed by atoms with van der Waals surface area (Å²) in [6.07, 6.45) is -0.456. The maximum absolute atomic E-state index is 11.5. The Morgan fingerprint density at radius 2 is 2.35 bits per heavy atom. The zero-order valence-corrected chi connectivity index (χ0v) is 9.65. The number of halogens is 1. The molecule has 0 spiro atoms. The van der Waals surface area contributed by atoms with Gasteiger partial charge in [-0.25, -0.2) is 9.78 Å². The molecule has 1 atom stereocenters. The Labute approximate surface area is 102 Å². The van der Waals surface area contributed by atoms with Crippen molar-refractivity contribution in [3.63, 3.8) is 0 Å². The Morgan fingerprint density at radius 3 is 2.94 bits per heavy atom. The number of nitrogens with zero attached hydrogens (tertiary/aromatic N) is 1. The average Bonchev–Trinajstić information content (AvgIpc) is 2.61. The van der Waals surface area contributed by atoms with E-state index >= 15 is 0 Å². The van der Waals surface area contributed by atoms with Crippen LogP contribution in [-0.2, 0) is 9.53 Å². The fourth-order valence-electron chi connectivity index (χ4n) is 1.45. The van der Waals surface area contributed by atoms with Gasteiger partial charge in [-0.1, -0.05) is 11.6 Å². The van der Waals surface area contributed by atoms with Gasteiger partial charge in [0.05, 0.1) is 17.2 Å². The minimum absolute atomic E-state index is 0.228. The predicted molar refractivity (Wildman–Crippen MR) is 57.8 cm³/mol. The van der Waals surface area contributed by atoms with Gasteiger partial charge in [-0.2, -0.15) is 0 Å². The number of carbonyl (C=O) groups is 2. The molecule has 0 unspecified atom stereocenters. The van der Waals surface area contributed by atoms with Crippen molar-refractivity contribution in [2.45, 2.75) is 13.0 Å². The Bertz CT molecular complexity index is 477. The highest BCUT2D eigenvalue weighted by molar-refractivity contribution is 6.30. The normalized spacial score (nSPS) is 18.8. The van der Waals surface area contributed by atoms with Crippen LogP contribution in [0, 0.1) is 0 Å². The van der Waals surface area contributed by atoms with E-state index in [0.29, 0.717) is 17.2 Å². The van der Waals surface area contributed by atoms with Crippen molar-refractivity contribution in [1.29, 1.82) is 0 Å². The minimum Gasteiger partial charge on any atom is -0.478 e. The molecule has 2 heterocycles. The highest BCUT2D eigenvalue weighted by atomic mass is 35.5. The van der Waals surface area contributed by atoms with Gasteiger partial charge >= 0.3 is 6.09 Å². The third-order valence-electron chi connectivity index (χ3n) is 2.10. The van der Waals surface area contributed by atoms with Gasteiger partial charge in [0.25, 0.3) is 5.91 Å². The van der Waals surface area contributed by atoms with E-state index in [2.05, 4.69) is 4.98 Å². The molecule has 1 saturated heterocycles. The highest BCUT2D eigenvalue weighted by Gasteiger charge is 2.36. The standard InChI is InChI=1S/C10H9ClN2O4/c1-2-16-9-6(3-5(11)4-12-9)7-8(14)13-10(15)17-7/h3-4,7H,2H2,1H3,(H,13,14,15)/t7-/m0/s1. The number of amides is 2. The van der Waals surface area contributed by atoms with Gasteiger partial charge in [0.1, 0.15) is 0 Å². The molecule has 17 heavy (non-hydrogen) atoms. The molecule has 0 aliphatic carbocycles. The third kappa shape index (κ3) is 2.31. The first-order chi connectivity index (χ1) is 8.11. The van der Waals surface area contributed by atoms with E-state index in [4.69, 9.17) is 21.1 Å². The molecule has 7 heteroatoms. The van der Waals surface area contributed by atoms with Crippen LogP contribution in [0.25, 0.3) is 0 Å². The Balaban J connectivity index is 2.39. The Hall–Kier alpha value is -1.82. The van der Waals surface area contributed by atoms with Gasteiger partial charge < -0.3 is 9.47 Å². The lowest BCUT2D eigenvalue weighted by Gasteiger charge is -2.11. The van der Waals surface area contributed by atoms with Gasteiger partial charge in [0.2, 0.25) is 12.0 Å². The zero-order valence-electron chi connectivity index (χ0n) is 8.90. The summed E-state index contributed by atoms with van der Waals surface area (Å²) in [6, 6.07) is 1.49. The van der Waals surface area contributed by atoms with Crippen LogP contribution in [0.4, 0.5) is 4.79 Å². The minimum atomic E-state index is -1.06. The Kier molecular flexibility index (Phi) is 3.14. The van der Waals surface area contributed by atoms with Crippen molar-refractivity contribution in [1.82, 2.24) is 10.3 Å². The summed E-state index contributed by atoms with van der Waals surface area (Å²) in [5.74, 6) is -0.327. The van der Waals surface area contributed by atoms with E-state index in [9.17, 15) is 9.59 Å². The quantitative estimate of drug-likeness (QED) is 0.885. The van der Waals surface area contributed by atoms with E-state index in [-0.39, 0.29) is 5.88 Å². The Morgan fingerprint density at radius 1 is 1.59 bits per heavy atom. The molecule has 90 valence electrons. The second-order valence-electron chi connectivity index (χ2n) is 3.26. The number of alkyl carbamates (subject to hydrolysis) is 1. The van der Waals surface area contributed by atoms with Crippen molar-refractivity contribution in [2.75, 3.05) is 6.61 Å². The smallest absolute Gasteiger partial charge is 0.415 e. The van der Waals surface area contributed by atoms with Crippen LogP contribution in [0.2, 0.25) is 5.02 Å². The summed E-state index contributed by atoms with van der Waals surface area (Å²) in [5.41, 5.74) is 0.336. The monoisotopic (exact) mass is 256 g/mol. The zero-order chi connectivity index (χ0) is 12.4. The molecule has 0 saturated carbocycles. The number of carbonyl (C=O) groups excluding carboxylic acids is 2. The molecule has 2 rings (SSSR count). The molecule has 1 fully saturated rings. The van der Waals surface area contributed by atoms with Crippen LogP contribution in [-0.4, -0.2) is 23.6 Å². The summed E-state index contributed by atoms with van der Waals surface area (Å²) < 4.78 is 10.1. The van der Waals surface area contributed by atoms with Gasteiger partial charge in [-0.15, -0.1) is 0 Å². The summed E-state index contributed by atoms with van der Waals surface area (Å²) in [4.78, 5) is 26.4.